The van der Waals surface area contributed by atoms with Crippen LogP contribution in [0.3, 0.4) is 0 Å². The van der Waals surface area contributed by atoms with Gasteiger partial charge in [-0.15, -0.1) is 0 Å². The van der Waals surface area contributed by atoms with Crippen molar-refractivity contribution in [1.82, 2.24) is 14.8 Å². The van der Waals surface area contributed by atoms with Gasteiger partial charge in [0.25, 0.3) is 11.6 Å². The van der Waals surface area contributed by atoms with Gasteiger partial charge in [-0.3, -0.25) is 24.9 Å². The van der Waals surface area contributed by atoms with Crippen molar-refractivity contribution in [2.24, 2.45) is 7.05 Å². The molecule has 1 N–H and O–H groups in total. The number of nitrogens with zero attached hydrogens (tertiary/aromatic N) is 4. The zero-order chi connectivity index (χ0) is 15.0. The third-order valence-electron chi connectivity index (χ3n) is 2.75. The number of non-ortho nitro benzene ring substituents is 1. The van der Waals surface area contributed by atoms with E-state index < -0.39 is 4.92 Å². The summed E-state index contributed by atoms with van der Waals surface area (Å²) in [7, 11) is 1.72. The van der Waals surface area contributed by atoms with E-state index in [0.717, 1.165) is 0 Å². The Morgan fingerprint density at radius 1 is 1.43 bits per heavy atom. The molecule has 3 aromatic rings. The highest BCUT2D eigenvalue weighted by molar-refractivity contribution is 7.22. The first kappa shape index (κ1) is 13.2. The van der Waals surface area contributed by atoms with Crippen LogP contribution in [-0.4, -0.2) is 25.6 Å². The van der Waals surface area contributed by atoms with Crippen molar-refractivity contribution >= 4 is 38.3 Å². The summed E-state index contributed by atoms with van der Waals surface area (Å²) >= 11 is 1.18. The number of nitro groups is 1. The van der Waals surface area contributed by atoms with Crippen LogP contribution in [0.2, 0.25) is 0 Å². The van der Waals surface area contributed by atoms with E-state index in [1.165, 1.54) is 28.2 Å². The van der Waals surface area contributed by atoms with Crippen LogP contribution in [0.25, 0.3) is 10.2 Å². The second-order valence-electron chi connectivity index (χ2n) is 4.26. The Balaban J connectivity index is 1.87. The molecule has 0 spiro atoms. The number of nitro benzene ring substituents is 1. The second kappa shape index (κ2) is 4.94. The van der Waals surface area contributed by atoms with Crippen LogP contribution in [0, 0.1) is 10.1 Å². The SMILES string of the molecule is Cn1ccc(C(=O)Nc2nc3ccc([N+](=O)[O-])cc3s2)n1. The zero-order valence-electron chi connectivity index (χ0n) is 10.8. The summed E-state index contributed by atoms with van der Waals surface area (Å²) in [6, 6.07) is 5.96. The maximum Gasteiger partial charge on any atom is 0.277 e. The molecule has 9 heteroatoms. The summed E-state index contributed by atoms with van der Waals surface area (Å²) in [4.78, 5) is 26.4. The summed E-state index contributed by atoms with van der Waals surface area (Å²) in [5, 5.41) is 17.7. The summed E-state index contributed by atoms with van der Waals surface area (Å²) < 4.78 is 2.16. The van der Waals surface area contributed by atoms with Crippen LogP contribution in [0.4, 0.5) is 10.8 Å². The molecule has 1 aromatic carbocycles. The Labute approximate surface area is 122 Å². The van der Waals surface area contributed by atoms with E-state index in [0.29, 0.717) is 15.3 Å². The average molecular weight is 303 g/mol. The van der Waals surface area contributed by atoms with Gasteiger partial charge in [-0.05, 0) is 12.1 Å². The van der Waals surface area contributed by atoms with Crippen molar-refractivity contribution in [3.05, 3.63) is 46.3 Å². The van der Waals surface area contributed by atoms with Crippen molar-refractivity contribution in [2.75, 3.05) is 5.32 Å². The molecular weight excluding hydrogens is 294 g/mol. The molecule has 0 atom stereocenters. The van der Waals surface area contributed by atoms with Crippen LogP contribution >= 0.6 is 11.3 Å². The number of nitrogens with one attached hydrogen (secondary N) is 1. The van der Waals surface area contributed by atoms with Crippen LogP contribution in [0.1, 0.15) is 10.5 Å². The number of aryl methyl sites for hydroxylation is 1. The largest absolute Gasteiger partial charge is 0.296 e. The standard InChI is InChI=1S/C12H9N5O3S/c1-16-5-4-9(15-16)11(18)14-12-13-8-3-2-7(17(19)20)6-10(8)21-12/h2-6H,1H3,(H,13,14,18). The van der Waals surface area contributed by atoms with Crippen molar-refractivity contribution in [2.45, 2.75) is 0 Å². The quantitative estimate of drug-likeness (QED) is 0.590. The number of fused-ring (bicyclic) bond motifs is 1. The minimum Gasteiger partial charge on any atom is -0.296 e. The molecular formula is C12H9N5O3S. The molecule has 0 unspecified atom stereocenters. The van der Waals surface area contributed by atoms with Gasteiger partial charge in [0, 0.05) is 25.4 Å². The fourth-order valence-electron chi connectivity index (χ4n) is 1.78. The van der Waals surface area contributed by atoms with Gasteiger partial charge in [0.1, 0.15) is 0 Å². The Kier molecular flexibility index (Phi) is 3.10. The van der Waals surface area contributed by atoms with E-state index >= 15 is 0 Å². The second-order valence-corrected chi connectivity index (χ2v) is 5.29. The van der Waals surface area contributed by atoms with Crippen LogP contribution in [-0.2, 0) is 7.05 Å². The van der Waals surface area contributed by atoms with Crippen LogP contribution < -0.4 is 5.32 Å². The topological polar surface area (TPSA) is 103 Å². The molecule has 0 aliphatic carbocycles. The Hall–Kier alpha value is -2.81. The van der Waals surface area contributed by atoms with Crippen LogP contribution in [0.5, 0.6) is 0 Å². The molecule has 0 bridgehead atoms. The first-order valence-electron chi connectivity index (χ1n) is 5.89. The highest BCUT2D eigenvalue weighted by atomic mass is 32.1. The van der Waals surface area contributed by atoms with Gasteiger partial charge in [-0.2, -0.15) is 5.10 Å². The highest BCUT2D eigenvalue weighted by Gasteiger charge is 2.14. The minimum absolute atomic E-state index is 0.00578. The van der Waals surface area contributed by atoms with E-state index in [2.05, 4.69) is 15.4 Å². The number of aromatic nitrogens is 3. The van der Waals surface area contributed by atoms with Gasteiger partial charge in [-0.1, -0.05) is 11.3 Å². The van der Waals surface area contributed by atoms with Gasteiger partial charge in [-0.25, -0.2) is 4.98 Å². The van der Waals surface area contributed by atoms with Crippen LogP contribution in [0.15, 0.2) is 30.5 Å². The van der Waals surface area contributed by atoms with E-state index in [4.69, 9.17) is 0 Å². The number of benzene rings is 1. The third kappa shape index (κ3) is 2.58. The van der Waals surface area contributed by atoms with Gasteiger partial charge in [0.15, 0.2) is 10.8 Å². The monoisotopic (exact) mass is 303 g/mol. The molecule has 106 valence electrons. The lowest BCUT2D eigenvalue weighted by Gasteiger charge is -1.96. The Morgan fingerprint density at radius 3 is 2.90 bits per heavy atom. The number of hydrogen-bond donors (Lipinski definition) is 1. The maximum atomic E-state index is 12.0. The van der Waals surface area contributed by atoms with Gasteiger partial charge >= 0.3 is 0 Å². The van der Waals surface area contributed by atoms with Crippen molar-refractivity contribution < 1.29 is 9.72 Å². The molecule has 0 saturated carbocycles. The van der Waals surface area contributed by atoms with E-state index in [-0.39, 0.29) is 17.3 Å². The lowest BCUT2D eigenvalue weighted by Crippen LogP contribution is -2.12. The third-order valence-corrected chi connectivity index (χ3v) is 3.68. The number of carbonyl (C=O) groups excluding carboxylic acids is 1. The molecule has 21 heavy (non-hydrogen) atoms. The predicted molar refractivity (Wildman–Crippen MR) is 77.4 cm³/mol. The number of anilines is 1. The molecule has 3 rings (SSSR count). The normalized spacial score (nSPS) is 10.7. The van der Waals surface area contributed by atoms with Crippen molar-refractivity contribution in [1.29, 1.82) is 0 Å². The summed E-state index contributed by atoms with van der Waals surface area (Å²) in [6.07, 6.45) is 1.66. The van der Waals surface area contributed by atoms with Gasteiger partial charge in [0.05, 0.1) is 15.1 Å². The Bertz CT molecular complexity index is 854. The molecule has 0 aliphatic rings. The first-order chi connectivity index (χ1) is 10.0. The highest BCUT2D eigenvalue weighted by Crippen LogP contribution is 2.29. The average Bonchev–Trinajstić information content (AvgIpc) is 3.03. The molecule has 2 aromatic heterocycles. The minimum atomic E-state index is -0.467. The number of amides is 1. The lowest BCUT2D eigenvalue weighted by molar-refractivity contribution is -0.384. The number of thiazole rings is 1. The number of rotatable bonds is 3. The summed E-state index contributed by atoms with van der Waals surface area (Å²) in [5.41, 5.74) is 0.874. The maximum absolute atomic E-state index is 12.0. The number of hydrogen-bond acceptors (Lipinski definition) is 6. The first-order valence-corrected chi connectivity index (χ1v) is 6.70. The van der Waals surface area contributed by atoms with Crippen molar-refractivity contribution in [3.63, 3.8) is 0 Å². The van der Waals surface area contributed by atoms with Gasteiger partial charge in [0.2, 0.25) is 0 Å². The zero-order valence-corrected chi connectivity index (χ0v) is 11.6. The van der Waals surface area contributed by atoms with E-state index in [1.807, 2.05) is 0 Å². The Morgan fingerprint density at radius 2 is 2.24 bits per heavy atom. The molecule has 8 nitrogen and oxygen atoms in total. The molecule has 0 saturated heterocycles. The smallest absolute Gasteiger partial charge is 0.277 e. The molecule has 0 radical (unpaired) electrons. The predicted octanol–water partition coefficient (Wildman–Crippen LogP) is 2.19. The van der Waals surface area contributed by atoms with Crippen molar-refractivity contribution in [3.8, 4) is 0 Å². The van der Waals surface area contributed by atoms with E-state index in [9.17, 15) is 14.9 Å². The fraction of sp³-hybridized carbons (Fsp3) is 0.0833. The fourth-order valence-corrected chi connectivity index (χ4v) is 2.67. The van der Waals surface area contributed by atoms with E-state index in [1.54, 1.807) is 25.4 Å². The lowest BCUT2D eigenvalue weighted by atomic mass is 10.3. The van der Waals surface area contributed by atoms with Gasteiger partial charge < -0.3 is 0 Å². The summed E-state index contributed by atoms with van der Waals surface area (Å²) in [5.74, 6) is -0.371. The number of carbonyl (C=O) groups is 1. The summed E-state index contributed by atoms with van der Waals surface area (Å²) in [6.45, 7) is 0. The molecule has 0 fully saturated rings. The molecule has 1 amide bonds. The molecule has 0 aliphatic heterocycles. The molecule has 2 heterocycles.